The SMILES string of the molecule is CCCCN(C(=O)C1CC(=O)N(Cc2ccccc2)C1)c1c(N)n(CC(C)C)c(=O)[nH]c1=O. The highest BCUT2D eigenvalue weighted by Gasteiger charge is 2.38. The summed E-state index contributed by atoms with van der Waals surface area (Å²) in [5.74, 6) is -0.907. The number of aromatic nitrogens is 2. The number of hydrogen-bond acceptors (Lipinski definition) is 5. The minimum atomic E-state index is -0.688. The molecule has 0 saturated carbocycles. The molecule has 178 valence electrons. The molecule has 1 unspecified atom stereocenters. The van der Waals surface area contributed by atoms with Gasteiger partial charge >= 0.3 is 5.69 Å². The van der Waals surface area contributed by atoms with Crippen molar-refractivity contribution < 1.29 is 9.59 Å². The molecule has 9 nitrogen and oxygen atoms in total. The number of carbonyl (C=O) groups excluding carboxylic acids is 2. The van der Waals surface area contributed by atoms with Crippen molar-refractivity contribution in [3.63, 3.8) is 0 Å². The maximum absolute atomic E-state index is 13.6. The van der Waals surface area contributed by atoms with Crippen LogP contribution < -0.4 is 21.9 Å². The number of nitrogen functional groups attached to an aromatic ring is 1. The van der Waals surface area contributed by atoms with E-state index in [0.717, 1.165) is 12.0 Å². The third kappa shape index (κ3) is 5.53. The van der Waals surface area contributed by atoms with Crippen LogP contribution in [0.3, 0.4) is 0 Å². The zero-order chi connectivity index (χ0) is 24.1. The first-order chi connectivity index (χ1) is 15.7. The lowest BCUT2D eigenvalue weighted by molar-refractivity contribution is -0.128. The van der Waals surface area contributed by atoms with E-state index in [2.05, 4.69) is 4.98 Å². The molecular weight excluding hydrogens is 422 g/mol. The Morgan fingerprint density at radius 3 is 2.55 bits per heavy atom. The Kier molecular flexibility index (Phi) is 7.73. The molecular formula is C24H33N5O4. The van der Waals surface area contributed by atoms with Gasteiger partial charge in [-0.2, -0.15) is 0 Å². The molecule has 2 amide bonds. The summed E-state index contributed by atoms with van der Waals surface area (Å²) in [6.07, 6.45) is 1.54. The molecule has 9 heteroatoms. The van der Waals surface area contributed by atoms with E-state index in [9.17, 15) is 19.2 Å². The van der Waals surface area contributed by atoms with Gasteiger partial charge in [-0.05, 0) is 17.9 Å². The normalized spacial score (nSPS) is 15.9. The number of hydrogen-bond donors (Lipinski definition) is 2. The highest BCUT2D eigenvalue weighted by Crippen LogP contribution is 2.26. The van der Waals surface area contributed by atoms with E-state index in [1.807, 2.05) is 51.1 Å². The van der Waals surface area contributed by atoms with Gasteiger partial charge in [0.2, 0.25) is 11.8 Å². The fraction of sp³-hybridized carbons (Fsp3) is 0.500. The maximum Gasteiger partial charge on any atom is 0.330 e. The van der Waals surface area contributed by atoms with Gasteiger partial charge in [0.05, 0.1) is 5.92 Å². The van der Waals surface area contributed by atoms with Crippen LogP contribution in [-0.4, -0.2) is 39.4 Å². The second-order valence-corrected chi connectivity index (χ2v) is 9.00. The second kappa shape index (κ2) is 10.5. The number of nitrogens with zero attached hydrogens (tertiary/aromatic N) is 3. The van der Waals surface area contributed by atoms with Gasteiger partial charge in [-0.3, -0.25) is 23.9 Å². The van der Waals surface area contributed by atoms with Crippen molar-refractivity contribution >= 4 is 23.3 Å². The van der Waals surface area contributed by atoms with Crippen LogP contribution in [0.15, 0.2) is 39.9 Å². The van der Waals surface area contributed by atoms with Crippen LogP contribution in [0.4, 0.5) is 11.5 Å². The highest BCUT2D eigenvalue weighted by atomic mass is 16.2. The van der Waals surface area contributed by atoms with Gasteiger partial charge in [0.1, 0.15) is 5.82 Å². The zero-order valence-corrected chi connectivity index (χ0v) is 19.5. The van der Waals surface area contributed by atoms with Gasteiger partial charge < -0.3 is 15.5 Å². The summed E-state index contributed by atoms with van der Waals surface area (Å²) in [5.41, 5.74) is 5.97. The van der Waals surface area contributed by atoms with Gasteiger partial charge in [0, 0.05) is 32.6 Å². The van der Waals surface area contributed by atoms with Crippen LogP contribution in [0.25, 0.3) is 0 Å². The van der Waals surface area contributed by atoms with E-state index in [1.165, 1.54) is 9.47 Å². The molecule has 3 rings (SSSR count). The number of benzene rings is 1. The number of rotatable bonds is 9. The lowest BCUT2D eigenvalue weighted by Crippen LogP contribution is -2.44. The summed E-state index contributed by atoms with van der Waals surface area (Å²) in [7, 11) is 0. The summed E-state index contributed by atoms with van der Waals surface area (Å²) in [6.45, 7) is 7.16. The van der Waals surface area contributed by atoms with Crippen molar-refractivity contribution in [3.8, 4) is 0 Å². The first-order valence-corrected chi connectivity index (χ1v) is 11.5. The van der Waals surface area contributed by atoms with E-state index in [-0.39, 0.29) is 48.7 Å². The van der Waals surface area contributed by atoms with Crippen LogP contribution in [0.1, 0.15) is 45.6 Å². The molecule has 1 atom stereocenters. The van der Waals surface area contributed by atoms with Crippen LogP contribution in [0, 0.1) is 11.8 Å². The minimum absolute atomic E-state index is 0.0114. The van der Waals surface area contributed by atoms with Crippen molar-refractivity contribution in [2.24, 2.45) is 11.8 Å². The Morgan fingerprint density at radius 2 is 1.91 bits per heavy atom. The maximum atomic E-state index is 13.6. The van der Waals surface area contributed by atoms with Crippen molar-refractivity contribution in [1.29, 1.82) is 0 Å². The molecule has 2 aromatic rings. The molecule has 0 bridgehead atoms. The summed E-state index contributed by atoms with van der Waals surface area (Å²) in [4.78, 5) is 56.7. The monoisotopic (exact) mass is 455 g/mol. The Balaban J connectivity index is 1.91. The molecule has 1 aliphatic heterocycles. The first kappa shape index (κ1) is 24.3. The van der Waals surface area contributed by atoms with Crippen molar-refractivity contribution in [2.45, 2.75) is 53.1 Å². The number of likely N-dealkylation sites (tertiary alicyclic amines) is 1. The molecule has 2 heterocycles. The molecule has 1 aromatic carbocycles. The van der Waals surface area contributed by atoms with Crippen LogP contribution >= 0.6 is 0 Å². The first-order valence-electron chi connectivity index (χ1n) is 11.5. The standard InChI is InChI=1S/C24H33N5O4/c1-4-5-11-28(20-21(25)29(13-16(2)3)24(33)26-22(20)31)23(32)18-12-19(30)27(15-18)14-17-9-7-6-8-10-17/h6-10,16,18H,4-5,11-15,25H2,1-3H3,(H,26,31,33). The van der Waals surface area contributed by atoms with Gasteiger partial charge in [-0.1, -0.05) is 57.5 Å². The van der Waals surface area contributed by atoms with E-state index in [1.54, 1.807) is 4.90 Å². The summed E-state index contributed by atoms with van der Waals surface area (Å²) < 4.78 is 1.30. The number of amides is 2. The van der Waals surface area contributed by atoms with Crippen molar-refractivity contribution in [1.82, 2.24) is 14.5 Å². The minimum Gasteiger partial charge on any atom is -0.383 e. The predicted molar refractivity (Wildman–Crippen MR) is 128 cm³/mol. The van der Waals surface area contributed by atoms with E-state index < -0.39 is 17.2 Å². The molecule has 1 aliphatic rings. The van der Waals surface area contributed by atoms with Gasteiger partial charge in [0.25, 0.3) is 5.56 Å². The molecule has 0 radical (unpaired) electrons. The fourth-order valence-electron chi connectivity index (χ4n) is 4.15. The quantitative estimate of drug-likeness (QED) is 0.599. The number of aromatic amines is 1. The third-order valence-corrected chi connectivity index (χ3v) is 5.81. The predicted octanol–water partition coefficient (Wildman–Crippen LogP) is 1.96. The Bertz CT molecular complexity index is 1110. The van der Waals surface area contributed by atoms with E-state index in [4.69, 9.17) is 5.73 Å². The molecule has 1 saturated heterocycles. The molecule has 0 aliphatic carbocycles. The van der Waals surface area contributed by atoms with Gasteiger partial charge in [0.15, 0.2) is 5.69 Å². The van der Waals surface area contributed by atoms with E-state index in [0.29, 0.717) is 19.5 Å². The smallest absolute Gasteiger partial charge is 0.330 e. The zero-order valence-electron chi connectivity index (χ0n) is 19.5. The topological polar surface area (TPSA) is 121 Å². The van der Waals surface area contributed by atoms with Crippen LogP contribution in [0.5, 0.6) is 0 Å². The second-order valence-electron chi connectivity index (χ2n) is 9.00. The Labute approximate surface area is 193 Å². The van der Waals surface area contributed by atoms with Crippen LogP contribution in [-0.2, 0) is 22.7 Å². The number of carbonyl (C=O) groups is 2. The van der Waals surface area contributed by atoms with Crippen LogP contribution in [0.2, 0.25) is 0 Å². The number of anilines is 2. The molecule has 0 spiro atoms. The number of nitrogens with two attached hydrogens (primary N) is 1. The molecule has 1 aromatic heterocycles. The van der Waals surface area contributed by atoms with Gasteiger partial charge in [-0.15, -0.1) is 0 Å². The summed E-state index contributed by atoms with van der Waals surface area (Å²) in [5, 5.41) is 0. The molecule has 3 N–H and O–H groups in total. The Hall–Kier alpha value is -3.36. The number of unbranched alkanes of at least 4 members (excludes halogenated alkanes) is 1. The fourth-order valence-corrected chi connectivity index (χ4v) is 4.15. The molecule has 1 fully saturated rings. The Morgan fingerprint density at radius 1 is 1.21 bits per heavy atom. The largest absolute Gasteiger partial charge is 0.383 e. The average Bonchev–Trinajstić information content (AvgIpc) is 3.13. The van der Waals surface area contributed by atoms with Gasteiger partial charge in [-0.25, -0.2) is 4.79 Å². The van der Waals surface area contributed by atoms with Crippen molar-refractivity contribution in [3.05, 3.63) is 56.7 Å². The summed E-state index contributed by atoms with van der Waals surface area (Å²) in [6, 6.07) is 9.61. The van der Waals surface area contributed by atoms with Crippen molar-refractivity contribution in [2.75, 3.05) is 23.7 Å². The lowest BCUT2D eigenvalue weighted by atomic mass is 10.1. The number of nitrogens with one attached hydrogen (secondary N) is 1. The number of H-pyrrole nitrogens is 1. The third-order valence-electron chi connectivity index (χ3n) is 5.81. The average molecular weight is 456 g/mol. The lowest BCUT2D eigenvalue weighted by Gasteiger charge is -2.27. The highest BCUT2D eigenvalue weighted by molar-refractivity contribution is 6.00. The molecule has 33 heavy (non-hydrogen) atoms. The summed E-state index contributed by atoms with van der Waals surface area (Å²) >= 11 is 0. The van der Waals surface area contributed by atoms with E-state index >= 15 is 0 Å².